The third-order valence-electron chi connectivity index (χ3n) is 3.85. The van der Waals surface area contributed by atoms with Gasteiger partial charge in [0.05, 0.1) is 18.8 Å². The van der Waals surface area contributed by atoms with E-state index in [2.05, 4.69) is 16.0 Å². The number of unbranched alkanes of at least 4 members (excludes halogenated alkanes) is 1. The van der Waals surface area contributed by atoms with E-state index in [0.717, 1.165) is 0 Å². The average molecular weight is 405 g/mol. The first kappa shape index (κ1) is 25.7. The van der Waals surface area contributed by atoms with E-state index in [1.165, 1.54) is 13.8 Å². The van der Waals surface area contributed by atoms with Crippen molar-refractivity contribution < 1.29 is 34.5 Å². The van der Waals surface area contributed by atoms with Gasteiger partial charge in [-0.2, -0.15) is 0 Å². The van der Waals surface area contributed by atoms with Gasteiger partial charge in [-0.25, -0.2) is 4.79 Å². The maximum absolute atomic E-state index is 12.4. The van der Waals surface area contributed by atoms with E-state index < -0.39 is 60.6 Å². The van der Waals surface area contributed by atoms with Crippen molar-refractivity contribution in [2.45, 2.75) is 63.4 Å². The van der Waals surface area contributed by atoms with Crippen LogP contribution in [0.25, 0.3) is 0 Å². The summed E-state index contributed by atoms with van der Waals surface area (Å²) >= 11 is 0. The van der Waals surface area contributed by atoms with Gasteiger partial charge in [-0.3, -0.25) is 14.4 Å². The Morgan fingerprint density at radius 2 is 1.50 bits per heavy atom. The van der Waals surface area contributed by atoms with Crippen molar-refractivity contribution in [2.24, 2.45) is 11.5 Å². The van der Waals surface area contributed by atoms with Crippen molar-refractivity contribution in [3.63, 3.8) is 0 Å². The molecule has 0 spiro atoms. The molecule has 0 bridgehead atoms. The van der Waals surface area contributed by atoms with Crippen LogP contribution in [-0.4, -0.2) is 82.4 Å². The normalized spacial score (nSPS) is 16.2. The van der Waals surface area contributed by atoms with Gasteiger partial charge in [0.2, 0.25) is 17.7 Å². The van der Waals surface area contributed by atoms with Gasteiger partial charge in [0.1, 0.15) is 18.1 Å². The van der Waals surface area contributed by atoms with E-state index in [-0.39, 0.29) is 6.42 Å². The summed E-state index contributed by atoms with van der Waals surface area (Å²) in [4.78, 5) is 47.5. The van der Waals surface area contributed by atoms with Crippen molar-refractivity contribution in [3.05, 3.63) is 0 Å². The highest BCUT2D eigenvalue weighted by Crippen LogP contribution is 2.03. The largest absolute Gasteiger partial charge is 0.480 e. The Balaban J connectivity index is 5.07. The minimum atomic E-state index is -1.50. The van der Waals surface area contributed by atoms with Crippen LogP contribution in [0, 0.1) is 0 Å². The molecule has 0 aromatic carbocycles. The maximum Gasteiger partial charge on any atom is 0.326 e. The zero-order valence-corrected chi connectivity index (χ0v) is 16.1. The Labute approximate surface area is 163 Å². The Kier molecular flexibility index (Phi) is 11.9. The molecular weight excluding hydrogens is 374 g/mol. The molecule has 12 heteroatoms. The number of carbonyl (C=O) groups excluding carboxylic acids is 3. The van der Waals surface area contributed by atoms with Gasteiger partial charge >= 0.3 is 5.97 Å². The molecule has 0 aliphatic rings. The molecule has 0 rings (SSSR count). The Morgan fingerprint density at radius 3 is 1.93 bits per heavy atom. The number of carboxylic acid groups (broad SMARTS) is 1. The van der Waals surface area contributed by atoms with Crippen LogP contribution in [0.3, 0.4) is 0 Å². The highest BCUT2D eigenvalue weighted by atomic mass is 16.4. The van der Waals surface area contributed by atoms with Gasteiger partial charge in [0.15, 0.2) is 0 Å². The molecule has 10 N–H and O–H groups in total. The molecular formula is C16H31N5O7. The van der Waals surface area contributed by atoms with Crippen LogP contribution in [0.2, 0.25) is 0 Å². The first-order valence-electron chi connectivity index (χ1n) is 8.93. The third-order valence-corrected chi connectivity index (χ3v) is 3.85. The van der Waals surface area contributed by atoms with Crippen LogP contribution >= 0.6 is 0 Å². The molecule has 3 amide bonds. The molecule has 5 atom stereocenters. The third kappa shape index (κ3) is 9.08. The molecule has 5 unspecified atom stereocenters. The first-order valence-corrected chi connectivity index (χ1v) is 8.93. The number of aliphatic carboxylic acids is 1. The van der Waals surface area contributed by atoms with Gasteiger partial charge in [-0.15, -0.1) is 0 Å². The molecule has 0 saturated carbocycles. The number of carboxylic acids is 1. The summed E-state index contributed by atoms with van der Waals surface area (Å²) in [7, 11) is 0. The molecule has 0 fully saturated rings. The van der Waals surface area contributed by atoms with Crippen LogP contribution in [-0.2, 0) is 19.2 Å². The van der Waals surface area contributed by atoms with E-state index in [4.69, 9.17) is 11.5 Å². The van der Waals surface area contributed by atoms with E-state index >= 15 is 0 Å². The summed E-state index contributed by atoms with van der Waals surface area (Å²) in [5.41, 5.74) is 10.7. The van der Waals surface area contributed by atoms with Gasteiger partial charge in [-0.1, -0.05) is 0 Å². The number of rotatable bonds is 13. The van der Waals surface area contributed by atoms with Crippen LogP contribution in [0.1, 0.15) is 33.1 Å². The summed E-state index contributed by atoms with van der Waals surface area (Å²) < 4.78 is 0. The topological polar surface area (TPSA) is 217 Å². The summed E-state index contributed by atoms with van der Waals surface area (Å²) in [6.45, 7) is 2.21. The van der Waals surface area contributed by atoms with Crippen LogP contribution in [0.5, 0.6) is 0 Å². The predicted octanol–water partition coefficient (Wildman–Crippen LogP) is -3.63. The van der Waals surface area contributed by atoms with Crippen LogP contribution < -0.4 is 27.4 Å². The fraction of sp³-hybridized carbons (Fsp3) is 0.750. The SMILES string of the molecule is CC(N)C(=O)NC(CO)C(=O)NC(C(=O)NC(CCCCN)C(=O)O)C(C)O. The van der Waals surface area contributed by atoms with Crippen LogP contribution in [0.4, 0.5) is 0 Å². The zero-order valence-electron chi connectivity index (χ0n) is 16.1. The number of nitrogens with two attached hydrogens (primary N) is 2. The summed E-state index contributed by atoms with van der Waals surface area (Å²) in [6, 6.07) is -5.04. The fourth-order valence-corrected chi connectivity index (χ4v) is 2.17. The highest BCUT2D eigenvalue weighted by Gasteiger charge is 2.32. The molecule has 0 heterocycles. The van der Waals surface area contributed by atoms with Crippen molar-refractivity contribution in [3.8, 4) is 0 Å². The summed E-state index contributed by atoms with van der Waals surface area (Å²) in [6.07, 6.45) is -0.197. The van der Waals surface area contributed by atoms with E-state index in [1.54, 1.807) is 0 Å². The van der Waals surface area contributed by atoms with E-state index in [9.17, 15) is 34.5 Å². The number of hydrogen-bond acceptors (Lipinski definition) is 8. The number of aliphatic hydroxyl groups is 2. The first-order chi connectivity index (χ1) is 13.0. The van der Waals surface area contributed by atoms with Crippen molar-refractivity contribution in [2.75, 3.05) is 13.2 Å². The number of carbonyl (C=O) groups is 4. The van der Waals surface area contributed by atoms with Crippen molar-refractivity contribution in [1.29, 1.82) is 0 Å². The minimum absolute atomic E-state index is 0.127. The van der Waals surface area contributed by atoms with E-state index in [0.29, 0.717) is 19.4 Å². The fourth-order valence-electron chi connectivity index (χ4n) is 2.17. The molecule has 28 heavy (non-hydrogen) atoms. The van der Waals surface area contributed by atoms with E-state index in [1.807, 2.05) is 0 Å². The second-order valence-corrected chi connectivity index (χ2v) is 6.44. The van der Waals surface area contributed by atoms with Gasteiger partial charge in [0, 0.05) is 0 Å². The van der Waals surface area contributed by atoms with Crippen molar-refractivity contribution >= 4 is 23.7 Å². The lowest BCUT2D eigenvalue weighted by molar-refractivity contribution is -0.143. The molecule has 12 nitrogen and oxygen atoms in total. The molecule has 0 aromatic heterocycles. The number of hydrogen-bond donors (Lipinski definition) is 8. The van der Waals surface area contributed by atoms with Crippen LogP contribution in [0.15, 0.2) is 0 Å². The molecule has 0 aromatic rings. The second kappa shape index (κ2) is 13.0. The molecule has 0 aliphatic carbocycles. The minimum Gasteiger partial charge on any atom is -0.480 e. The molecule has 0 radical (unpaired) electrons. The summed E-state index contributed by atoms with van der Waals surface area (Å²) in [5, 5.41) is 35.0. The molecule has 162 valence electrons. The second-order valence-electron chi connectivity index (χ2n) is 6.44. The standard InChI is InChI=1S/C16H31N5O7/c1-8(18)13(24)20-11(7-22)14(25)21-12(9(2)23)15(26)19-10(16(27)28)5-3-4-6-17/h8-12,22-23H,3-7,17-18H2,1-2H3,(H,19,26)(H,20,24)(H,21,25)(H,27,28). The summed E-state index contributed by atoms with van der Waals surface area (Å²) in [5.74, 6) is -3.82. The highest BCUT2D eigenvalue weighted by molar-refractivity contribution is 5.94. The predicted molar refractivity (Wildman–Crippen MR) is 98.7 cm³/mol. The van der Waals surface area contributed by atoms with Gasteiger partial charge in [0.25, 0.3) is 0 Å². The lowest BCUT2D eigenvalue weighted by atomic mass is 10.1. The average Bonchev–Trinajstić information content (AvgIpc) is 2.62. The number of aliphatic hydroxyl groups excluding tert-OH is 2. The van der Waals surface area contributed by atoms with Crippen molar-refractivity contribution in [1.82, 2.24) is 16.0 Å². The number of nitrogens with one attached hydrogen (secondary N) is 3. The Bertz CT molecular complexity index is 541. The lowest BCUT2D eigenvalue weighted by Gasteiger charge is -2.25. The maximum atomic E-state index is 12.4. The molecule has 0 aliphatic heterocycles. The van der Waals surface area contributed by atoms with Gasteiger partial charge < -0.3 is 42.7 Å². The molecule has 0 saturated heterocycles. The Hall–Kier alpha value is -2.28. The monoisotopic (exact) mass is 405 g/mol. The van der Waals surface area contributed by atoms with Gasteiger partial charge in [-0.05, 0) is 39.7 Å². The lowest BCUT2D eigenvalue weighted by Crippen LogP contribution is -2.60. The smallest absolute Gasteiger partial charge is 0.326 e. The quantitative estimate of drug-likeness (QED) is 0.142. The zero-order chi connectivity index (χ0) is 21.9. The Morgan fingerprint density at radius 1 is 0.929 bits per heavy atom. The number of amides is 3.